The molecule has 0 atom stereocenters. The summed E-state index contributed by atoms with van der Waals surface area (Å²) in [5.41, 5.74) is 2.00. The van der Waals surface area contributed by atoms with Crippen LogP contribution in [0.15, 0.2) is 16.5 Å². The average molecular weight is 157 g/mol. The minimum Gasteiger partial charge on any atom is -0.289 e. The van der Waals surface area contributed by atoms with Gasteiger partial charge in [-0.05, 0) is 10.3 Å². The van der Waals surface area contributed by atoms with E-state index in [1.807, 2.05) is 5.55 Å². The Balaban J connectivity index is 3.86. The van der Waals surface area contributed by atoms with Crippen LogP contribution in [0.5, 0.6) is 0 Å². The van der Waals surface area contributed by atoms with Crippen molar-refractivity contribution in [2.75, 3.05) is 7.05 Å². The highest BCUT2D eigenvalue weighted by Gasteiger charge is 2.13. The molecule has 0 rings (SSSR count). The molecule has 0 unspecified atom stereocenters. The van der Waals surface area contributed by atoms with Crippen molar-refractivity contribution in [2.45, 2.75) is 20.8 Å². The lowest BCUT2D eigenvalue weighted by atomic mass is 9.97. The summed E-state index contributed by atoms with van der Waals surface area (Å²) in [5, 5.41) is 0. The first-order valence-electron chi connectivity index (χ1n) is 3.25. The fraction of sp³-hybridized carbons (Fsp3) is 0.625. The zero-order valence-corrected chi connectivity index (χ0v) is 7.96. The maximum atomic E-state index is 3.94. The molecule has 10 heavy (non-hydrogen) atoms. The van der Waals surface area contributed by atoms with Crippen molar-refractivity contribution < 1.29 is 0 Å². The van der Waals surface area contributed by atoms with Crippen molar-refractivity contribution in [3.8, 4) is 0 Å². The van der Waals surface area contributed by atoms with Crippen molar-refractivity contribution in [3.05, 3.63) is 11.5 Å². The second-order valence-electron chi connectivity index (χ2n) is 3.15. The first-order chi connectivity index (χ1) is 4.48. The van der Waals surface area contributed by atoms with Crippen LogP contribution in [0.1, 0.15) is 20.8 Å². The van der Waals surface area contributed by atoms with Crippen LogP contribution in [0.3, 0.4) is 0 Å². The molecule has 0 saturated heterocycles. The number of rotatable bonds is 2. The third-order valence-corrected chi connectivity index (χ3v) is 2.35. The molecule has 0 heterocycles. The second-order valence-corrected chi connectivity index (χ2v) is 4.09. The number of aliphatic imine (C=N–C) groups is 1. The highest BCUT2D eigenvalue weighted by Crippen LogP contribution is 2.31. The molecule has 0 N–H and O–H groups in total. The van der Waals surface area contributed by atoms with E-state index in [0.717, 1.165) is 4.91 Å². The van der Waals surface area contributed by atoms with Gasteiger partial charge in [0.25, 0.3) is 0 Å². The summed E-state index contributed by atoms with van der Waals surface area (Å²) in [5.74, 6) is 0. The minimum absolute atomic E-state index is 0.186. The molecule has 0 amide bonds. The summed E-state index contributed by atoms with van der Waals surface area (Å²) in [7, 11) is 1.77. The first-order valence-corrected chi connectivity index (χ1v) is 4.13. The molecule has 1 nitrogen and oxygen atoms in total. The topological polar surface area (TPSA) is 12.4 Å². The fourth-order valence-electron chi connectivity index (χ4n) is 0.293. The van der Waals surface area contributed by atoms with E-state index >= 15 is 0 Å². The molecule has 0 saturated carbocycles. The molecule has 0 aromatic heterocycles. The summed E-state index contributed by atoms with van der Waals surface area (Å²) < 4.78 is 0. The molecule has 0 radical (unpaired) electrons. The van der Waals surface area contributed by atoms with Gasteiger partial charge in [-0.3, -0.25) is 4.99 Å². The van der Waals surface area contributed by atoms with E-state index in [0.29, 0.717) is 0 Å². The number of hydrogen-bond donors (Lipinski definition) is 0. The minimum atomic E-state index is 0.186. The number of thioether (sulfide) groups is 1. The van der Waals surface area contributed by atoms with Gasteiger partial charge >= 0.3 is 0 Å². The quantitative estimate of drug-likeness (QED) is 0.443. The predicted molar refractivity (Wildman–Crippen MR) is 50.6 cm³/mol. The SMILES string of the molecule is C=C(SC=NC)C(C)(C)C. The van der Waals surface area contributed by atoms with E-state index < -0.39 is 0 Å². The van der Waals surface area contributed by atoms with Crippen molar-refractivity contribution in [2.24, 2.45) is 10.4 Å². The molecule has 58 valence electrons. The third kappa shape index (κ3) is 3.72. The van der Waals surface area contributed by atoms with Crippen LogP contribution in [0.2, 0.25) is 0 Å². The Labute approximate surface area is 67.6 Å². The van der Waals surface area contributed by atoms with Gasteiger partial charge in [0.1, 0.15) is 0 Å². The summed E-state index contributed by atoms with van der Waals surface area (Å²) in [6.45, 7) is 10.4. The van der Waals surface area contributed by atoms with Gasteiger partial charge in [-0.2, -0.15) is 0 Å². The van der Waals surface area contributed by atoms with Gasteiger partial charge < -0.3 is 0 Å². The third-order valence-electron chi connectivity index (χ3n) is 1.14. The molecule has 0 aromatic carbocycles. The van der Waals surface area contributed by atoms with E-state index in [-0.39, 0.29) is 5.41 Å². The van der Waals surface area contributed by atoms with Crippen LogP contribution >= 0.6 is 11.8 Å². The Morgan fingerprint density at radius 3 is 2.30 bits per heavy atom. The summed E-state index contributed by atoms with van der Waals surface area (Å²) in [6, 6.07) is 0. The van der Waals surface area contributed by atoms with Crippen LogP contribution in [-0.4, -0.2) is 12.6 Å². The van der Waals surface area contributed by atoms with Gasteiger partial charge in [-0.25, -0.2) is 0 Å². The monoisotopic (exact) mass is 157 g/mol. The van der Waals surface area contributed by atoms with E-state index in [1.54, 1.807) is 18.8 Å². The lowest BCUT2D eigenvalue weighted by Crippen LogP contribution is -2.04. The number of allylic oxidation sites excluding steroid dienone is 1. The standard InChI is InChI=1S/C8H15NS/c1-7(8(2,3)4)10-6-9-5/h6H,1H2,2-5H3. The lowest BCUT2D eigenvalue weighted by Gasteiger charge is -2.18. The zero-order chi connectivity index (χ0) is 8.20. The lowest BCUT2D eigenvalue weighted by molar-refractivity contribution is 0.535. The Kier molecular flexibility index (Phi) is 3.72. The van der Waals surface area contributed by atoms with Crippen molar-refractivity contribution in [3.63, 3.8) is 0 Å². The summed E-state index contributed by atoms with van der Waals surface area (Å²) >= 11 is 1.60. The molecule has 2 heteroatoms. The van der Waals surface area contributed by atoms with E-state index in [2.05, 4.69) is 32.3 Å². The highest BCUT2D eigenvalue weighted by atomic mass is 32.2. The van der Waals surface area contributed by atoms with Crippen LogP contribution in [0.25, 0.3) is 0 Å². The van der Waals surface area contributed by atoms with Crippen molar-refractivity contribution in [1.82, 2.24) is 0 Å². The normalized spacial score (nSPS) is 12.4. The molecule has 0 spiro atoms. The highest BCUT2D eigenvalue weighted by molar-refractivity contribution is 8.15. The van der Waals surface area contributed by atoms with Gasteiger partial charge in [-0.1, -0.05) is 39.1 Å². The van der Waals surface area contributed by atoms with Gasteiger partial charge in [0, 0.05) is 7.05 Å². The predicted octanol–water partition coefficient (Wildman–Crippen LogP) is 2.94. The molecule has 0 fully saturated rings. The van der Waals surface area contributed by atoms with Gasteiger partial charge in [0.2, 0.25) is 0 Å². The van der Waals surface area contributed by atoms with Crippen LogP contribution < -0.4 is 0 Å². The van der Waals surface area contributed by atoms with Gasteiger partial charge in [0.15, 0.2) is 0 Å². The number of nitrogens with zero attached hydrogens (tertiary/aromatic N) is 1. The Bertz CT molecular complexity index is 142. The summed E-state index contributed by atoms with van der Waals surface area (Å²) in [4.78, 5) is 5.02. The molecule has 0 bridgehead atoms. The number of hydrogen-bond acceptors (Lipinski definition) is 2. The van der Waals surface area contributed by atoms with Crippen molar-refractivity contribution >= 4 is 17.3 Å². The average Bonchev–Trinajstić information content (AvgIpc) is 1.80. The van der Waals surface area contributed by atoms with Crippen LogP contribution in [0.4, 0.5) is 0 Å². The molecular formula is C8H15NS. The maximum absolute atomic E-state index is 3.94. The molecule has 0 aliphatic heterocycles. The molecule has 0 aliphatic carbocycles. The zero-order valence-electron chi connectivity index (χ0n) is 7.14. The first kappa shape index (κ1) is 9.76. The van der Waals surface area contributed by atoms with Gasteiger partial charge in [-0.15, -0.1) is 0 Å². The van der Waals surface area contributed by atoms with E-state index in [4.69, 9.17) is 0 Å². The van der Waals surface area contributed by atoms with E-state index in [9.17, 15) is 0 Å². The summed E-state index contributed by atoms with van der Waals surface area (Å²) in [6.07, 6.45) is 0. The Morgan fingerprint density at radius 2 is 2.00 bits per heavy atom. The second kappa shape index (κ2) is 3.81. The Hall–Kier alpha value is -0.240. The van der Waals surface area contributed by atoms with Crippen molar-refractivity contribution in [1.29, 1.82) is 0 Å². The molecule has 0 aliphatic rings. The maximum Gasteiger partial charge on any atom is 0.0582 e. The van der Waals surface area contributed by atoms with Crippen LogP contribution in [0, 0.1) is 5.41 Å². The Morgan fingerprint density at radius 1 is 1.50 bits per heavy atom. The van der Waals surface area contributed by atoms with E-state index in [1.165, 1.54) is 0 Å². The van der Waals surface area contributed by atoms with Gasteiger partial charge in [0.05, 0.1) is 5.55 Å². The largest absolute Gasteiger partial charge is 0.289 e. The molecular weight excluding hydrogens is 142 g/mol. The fourth-order valence-corrected chi connectivity index (χ4v) is 0.879. The van der Waals surface area contributed by atoms with Crippen LogP contribution in [-0.2, 0) is 0 Å². The molecule has 0 aromatic rings. The smallest absolute Gasteiger partial charge is 0.0582 e.